The van der Waals surface area contributed by atoms with E-state index in [9.17, 15) is 9.59 Å². The number of carbonyl (C=O) groups excluding carboxylic acids is 2. The van der Waals surface area contributed by atoms with Gasteiger partial charge in [-0.3, -0.25) is 0 Å². The largest absolute Gasteiger partial charge is 0.420 e. The van der Waals surface area contributed by atoms with E-state index in [0.717, 1.165) is 0 Å². The molecule has 16 heavy (non-hydrogen) atoms. The van der Waals surface area contributed by atoms with Crippen LogP contribution in [-0.4, -0.2) is 32.7 Å². The second kappa shape index (κ2) is 6.57. The van der Waals surface area contributed by atoms with Crippen LogP contribution in [0.5, 0.6) is 0 Å². The normalized spacial score (nSPS) is 12.1. The average molecular weight is 353 g/mol. The maximum Gasteiger partial charge on any atom is 0.420 e. The van der Waals surface area contributed by atoms with Crippen LogP contribution in [0.3, 0.4) is 0 Å². The molecule has 0 aromatic heterocycles. The summed E-state index contributed by atoms with van der Waals surface area (Å²) in [6.45, 7) is 0. The smallest absolute Gasteiger partial charge is 0.419 e. The molecule has 4 nitrogen and oxygen atoms in total. The Kier molecular flexibility index (Phi) is 6.85. The summed E-state index contributed by atoms with van der Waals surface area (Å²) in [5.41, 5.74) is 0. The maximum atomic E-state index is 11.0. The van der Waals surface area contributed by atoms with Crippen LogP contribution in [0.2, 0.25) is 0 Å². The lowest BCUT2D eigenvalue weighted by molar-refractivity contribution is -0.171. The van der Waals surface area contributed by atoms with Crippen molar-refractivity contribution in [3.05, 3.63) is 0 Å². The summed E-state index contributed by atoms with van der Waals surface area (Å²) in [4.78, 5) is 22.1. The van der Waals surface area contributed by atoms with E-state index in [4.69, 9.17) is 69.6 Å². The van der Waals surface area contributed by atoms with Crippen molar-refractivity contribution in [3.8, 4) is 0 Å². The van der Waals surface area contributed by atoms with Gasteiger partial charge in [0.25, 0.3) is 9.04 Å². The van der Waals surface area contributed by atoms with Crippen molar-refractivity contribution in [1.82, 2.24) is 0 Å². The second-order valence-corrected chi connectivity index (χ2v) is 5.68. The molecule has 0 saturated heterocycles. The molecule has 0 aliphatic heterocycles. The molecular formula is C6H4Cl6O4. The number of hydrogen-bond donors (Lipinski definition) is 0. The van der Waals surface area contributed by atoms with Gasteiger partial charge in [-0.25, -0.2) is 9.59 Å². The molecule has 0 aliphatic carbocycles. The van der Waals surface area contributed by atoms with Gasteiger partial charge in [0.1, 0.15) is 0 Å². The minimum Gasteiger partial charge on any atom is -0.419 e. The Labute approximate surface area is 121 Å². The minimum absolute atomic E-state index is 0.447. The first-order valence-electron chi connectivity index (χ1n) is 3.47. The Hall–Kier alpha value is 0.680. The molecule has 0 unspecified atom stereocenters. The third kappa shape index (κ3) is 6.42. The third-order valence-corrected chi connectivity index (χ3v) is 3.10. The molecule has 0 heterocycles. The molecule has 10 heteroatoms. The Bertz CT molecular complexity index is 250. The van der Waals surface area contributed by atoms with E-state index in [2.05, 4.69) is 9.47 Å². The lowest BCUT2D eigenvalue weighted by atomic mass is 10.6. The Morgan fingerprint density at radius 2 is 1.06 bits per heavy atom. The molecule has 0 aromatic rings. The van der Waals surface area contributed by atoms with Gasteiger partial charge in [-0.1, -0.05) is 46.4 Å². The molecule has 0 N–H and O–H groups in total. The van der Waals surface area contributed by atoms with E-state index in [0.29, 0.717) is 0 Å². The van der Waals surface area contributed by atoms with Crippen LogP contribution in [0.25, 0.3) is 0 Å². The van der Waals surface area contributed by atoms with Gasteiger partial charge < -0.3 is 9.47 Å². The van der Waals surface area contributed by atoms with Crippen LogP contribution in [0.15, 0.2) is 0 Å². The zero-order valence-electron chi connectivity index (χ0n) is 7.31. The summed E-state index contributed by atoms with van der Waals surface area (Å²) in [7, 11) is 0. The standard InChI is InChI=1S/C6H4Cl6O4/c7-1-5(9,10)15-3(13)4(14)16-6(11,12)2-8/h1-2H2. The number of carbonyl (C=O) groups is 2. The maximum absolute atomic E-state index is 11.0. The van der Waals surface area contributed by atoms with Gasteiger partial charge in [0.2, 0.25) is 0 Å². The molecule has 0 rings (SSSR count). The molecule has 0 aromatic carbocycles. The van der Waals surface area contributed by atoms with Crippen molar-refractivity contribution in [2.24, 2.45) is 0 Å². The number of alkyl halides is 6. The highest BCUT2D eigenvalue weighted by atomic mass is 35.5. The topological polar surface area (TPSA) is 52.6 Å². The van der Waals surface area contributed by atoms with Gasteiger partial charge in [0.05, 0.1) is 11.8 Å². The monoisotopic (exact) mass is 350 g/mol. The summed E-state index contributed by atoms with van der Waals surface area (Å²) in [5, 5.41) is 0. The molecule has 0 amide bonds. The van der Waals surface area contributed by atoms with Crippen LogP contribution < -0.4 is 0 Å². The van der Waals surface area contributed by atoms with Gasteiger partial charge in [0, 0.05) is 0 Å². The molecule has 0 saturated carbocycles. The molecule has 0 spiro atoms. The zero-order chi connectivity index (χ0) is 13.0. The van der Waals surface area contributed by atoms with Crippen molar-refractivity contribution < 1.29 is 19.1 Å². The van der Waals surface area contributed by atoms with Crippen LogP contribution in [0.1, 0.15) is 0 Å². The van der Waals surface area contributed by atoms with Crippen LogP contribution in [0.4, 0.5) is 0 Å². The molecule has 0 radical (unpaired) electrons. The second-order valence-electron chi connectivity index (χ2n) is 2.32. The predicted molar refractivity (Wildman–Crippen MR) is 62.5 cm³/mol. The van der Waals surface area contributed by atoms with E-state index in [1.165, 1.54) is 0 Å². The third-order valence-electron chi connectivity index (χ3n) is 0.962. The Morgan fingerprint density at radius 1 is 0.812 bits per heavy atom. The van der Waals surface area contributed by atoms with Gasteiger partial charge in [-0.15, -0.1) is 23.2 Å². The summed E-state index contributed by atoms with van der Waals surface area (Å²) in [6.07, 6.45) is 0. The highest BCUT2D eigenvalue weighted by Gasteiger charge is 2.36. The molecule has 0 fully saturated rings. The van der Waals surface area contributed by atoms with E-state index >= 15 is 0 Å². The fraction of sp³-hybridized carbons (Fsp3) is 0.667. The number of esters is 2. The summed E-state index contributed by atoms with van der Waals surface area (Å²) in [5.74, 6) is -3.89. The predicted octanol–water partition coefficient (Wildman–Crippen LogP) is 2.81. The van der Waals surface area contributed by atoms with Crippen molar-refractivity contribution in [1.29, 1.82) is 0 Å². The first kappa shape index (κ1) is 16.7. The quantitative estimate of drug-likeness (QED) is 0.443. The van der Waals surface area contributed by atoms with Gasteiger partial charge >= 0.3 is 11.9 Å². The summed E-state index contributed by atoms with van der Waals surface area (Å²) in [6, 6.07) is 0. The van der Waals surface area contributed by atoms with Crippen molar-refractivity contribution in [3.63, 3.8) is 0 Å². The Morgan fingerprint density at radius 3 is 1.25 bits per heavy atom. The van der Waals surface area contributed by atoms with Crippen molar-refractivity contribution >= 4 is 81.5 Å². The summed E-state index contributed by atoms with van der Waals surface area (Å²) >= 11 is 31.9. The Balaban J connectivity index is 4.37. The fourth-order valence-corrected chi connectivity index (χ4v) is 0.799. The minimum atomic E-state index is -2.04. The SMILES string of the molecule is O=C(OC(Cl)(Cl)CCl)C(=O)OC(Cl)(Cl)CCl. The fourth-order valence-electron chi connectivity index (χ4n) is 0.409. The average Bonchev–Trinajstić information content (AvgIpc) is 2.16. The van der Waals surface area contributed by atoms with E-state index in [1.807, 2.05) is 0 Å². The zero-order valence-corrected chi connectivity index (χ0v) is 11.9. The van der Waals surface area contributed by atoms with E-state index in [1.54, 1.807) is 0 Å². The number of rotatable bonds is 4. The highest BCUT2D eigenvalue weighted by molar-refractivity contribution is 6.52. The lowest BCUT2D eigenvalue weighted by Crippen LogP contribution is -2.34. The molecule has 0 atom stereocenters. The van der Waals surface area contributed by atoms with Crippen LogP contribution >= 0.6 is 69.6 Å². The van der Waals surface area contributed by atoms with Crippen molar-refractivity contribution in [2.75, 3.05) is 11.8 Å². The van der Waals surface area contributed by atoms with Crippen LogP contribution in [0, 0.1) is 0 Å². The number of ether oxygens (including phenoxy) is 2. The lowest BCUT2D eigenvalue weighted by Gasteiger charge is -2.19. The van der Waals surface area contributed by atoms with Gasteiger partial charge in [-0.2, -0.15) is 0 Å². The first-order chi connectivity index (χ1) is 7.13. The van der Waals surface area contributed by atoms with E-state index in [-0.39, 0.29) is 0 Å². The molecular weight excluding hydrogens is 349 g/mol. The first-order valence-corrected chi connectivity index (χ1v) is 6.05. The number of halogens is 6. The molecule has 0 aliphatic rings. The highest BCUT2D eigenvalue weighted by Crippen LogP contribution is 2.27. The molecule has 94 valence electrons. The van der Waals surface area contributed by atoms with Gasteiger partial charge in [0.15, 0.2) is 0 Å². The van der Waals surface area contributed by atoms with E-state index < -0.39 is 32.7 Å². The van der Waals surface area contributed by atoms with Crippen LogP contribution in [-0.2, 0) is 19.1 Å². The number of hydrogen-bond acceptors (Lipinski definition) is 4. The molecule has 0 bridgehead atoms. The van der Waals surface area contributed by atoms with Crippen molar-refractivity contribution in [2.45, 2.75) is 9.04 Å². The van der Waals surface area contributed by atoms with Gasteiger partial charge in [-0.05, 0) is 0 Å². The summed E-state index contributed by atoms with van der Waals surface area (Å²) < 4.78 is 4.45.